The molecule has 2 aromatic carbocycles. The van der Waals surface area contributed by atoms with Crippen molar-refractivity contribution >= 4 is 23.2 Å². The Bertz CT molecular complexity index is 642. The van der Waals surface area contributed by atoms with Crippen molar-refractivity contribution in [2.24, 2.45) is 0 Å². The van der Waals surface area contributed by atoms with E-state index in [-0.39, 0.29) is 5.02 Å². The van der Waals surface area contributed by atoms with Gasteiger partial charge in [0.05, 0.1) is 11.1 Å². The molecule has 0 aliphatic carbocycles. The predicted octanol–water partition coefficient (Wildman–Crippen LogP) is 5.29. The number of hydrogen-bond acceptors (Lipinski definition) is 2. The third kappa shape index (κ3) is 3.06. The van der Waals surface area contributed by atoms with E-state index in [0.29, 0.717) is 27.6 Å². The second-order valence-corrected chi connectivity index (χ2v) is 5.25. The number of aliphatic hydroxyl groups excluding tert-OH is 1. The van der Waals surface area contributed by atoms with Gasteiger partial charge in [0.1, 0.15) is 22.3 Å². The maximum Gasteiger partial charge on any atom is 0.147 e. The Labute approximate surface area is 126 Å². The highest BCUT2D eigenvalue weighted by atomic mass is 35.5. The Hall–Kier alpha value is -1.29. The van der Waals surface area contributed by atoms with Gasteiger partial charge in [-0.3, -0.25) is 0 Å². The van der Waals surface area contributed by atoms with E-state index in [1.807, 2.05) is 0 Å². The quantitative estimate of drug-likeness (QED) is 0.834. The lowest BCUT2D eigenvalue weighted by atomic mass is 10.1. The summed E-state index contributed by atoms with van der Waals surface area (Å²) in [4.78, 5) is 0. The van der Waals surface area contributed by atoms with Gasteiger partial charge in [0, 0.05) is 5.56 Å². The molecule has 0 heterocycles. The van der Waals surface area contributed by atoms with Gasteiger partial charge >= 0.3 is 0 Å². The fraction of sp³-hybridized carbons (Fsp3) is 0.200. The van der Waals surface area contributed by atoms with Crippen molar-refractivity contribution in [3.8, 4) is 11.5 Å². The summed E-state index contributed by atoms with van der Waals surface area (Å²) in [5.41, 5.74) is 0.770. The van der Waals surface area contributed by atoms with Gasteiger partial charge in [0.15, 0.2) is 0 Å². The average molecular weight is 315 g/mol. The van der Waals surface area contributed by atoms with Crippen molar-refractivity contribution < 1.29 is 14.2 Å². The maximum atomic E-state index is 13.6. The van der Waals surface area contributed by atoms with E-state index >= 15 is 0 Å². The van der Waals surface area contributed by atoms with E-state index in [9.17, 15) is 9.50 Å². The SMILES string of the molecule is Cc1cc(Oc2cccc(Cl)c2Cl)c([C@@H](C)O)cc1F. The minimum absolute atomic E-state index is 0.271. The molecule has 20 heavy (non-hydrogen) atoms. The van der Waals surface area contributed by atoms with Crippen LogP contribution in [-0.2, 0) is 0 Å². The first-order valence-electron chi connectivity index (χ1n) is 6.00. The number of halogens is 3. The molecule has 0 amide bonds. The predicted molar refractivity (Wildman–Crippen MR) is 78.3 cm³/mol. The minimum Gasteiger partial charge on any atom is -0.455 e. The van der Waals surface area contributed by atoms with Crippen LogP contribution in [0.5, 0.6) is 11.5 Å². The van der Waals surface area contributed by atoms with Crippen LogP contribution in [0.15, 0.2) is 30.3 Å². The molecule has 0 spiro atoms. The fourth-order valence-electron chi connectivity index (χ4n) is 1.77. The first-order chi connectivity index (χ1) is 9.40. The van der Waals surface area contributed by atoms with Crippen LogP contribution in [0, 0.1) is 12.7 Å². The molecular formula is C15H13Cl2FO2. The molecule has 0 radical (unpaired) electrons. The molecule has 0 fully saturated rings. The highest BCUT2D eigenvalue weighted by Gasteiger charge is 2.15. The average Bonchev–Trinajstić information content (AvgIpc) is 2.38. The van der Waals surface area contributed by atoms with Crippen LogP contribution in [0.4, 0.5) is 4.39 Å². The number of ether oxygens (including phenoxy) is 1. The largest absolute Gasteiger partial charge is 0.455 e. The number of aryl methyl sites for hydroxylation is 1. The zero-order valence-electron chi connectivity index (χ0n) is 11.0. The zero-order valence-corrected chi connectivity index (χ0v) is 12.5. The van der Waals surface area contributed by atoms with E-state index in [4.69, 9.17) is 27.9 Å². The number of benzene rings is 2. The number of aliphatic hydroxyl groups is 1. The Balaban J connectivity index is 2.47. The molecule has 1 N–H and O–H groups in total. The normalized spacial score (nSPS) is 12.3. The van der Waals surface area contributed by atoms with Gasteiger partial charge in [0.25, 0.3) is 0 Å². The van der Waals surface area contributed by atoms with Crippen LogP contribution in [0.25, 0.3) is 0 Å². The topological polar surface area (TPSA) is 29.5 Å². The molecule has 2 rings (SSSR count). The summed E-state index contributed by atoms with van der Waals surface area (Å²) in [6, 6.07) is 7.77. The first-order valence-corrected chi connectivity index (χ1v) is 6.75. The first kappa shape index (κ1) is 15.1. The van der Waals surface area contributed by atoms with Crippen LogP contribution >= 0.6 is 23.2 Å². The molecule has 0 unspecified atom stereocenters. The fourth-order valence-corrected chi connectivity index (χ4v) is 2.10. The molecule has 0 aliphatic rings. The molecule has 0 bridgehead atoms. The summed E-state index contributed by atoms with van der Waals surface area (Å²) in [5.74, 6) is 0.306. The number of hydrogen-bond donors (Lipinski definition) is 1. The molecule has 5 heteroatoms. The Morgan fingerprint density at radius 1 is 1.20 bits per heavy atom. The Morgan fingerprint density at radius 3 is 2.55 bits per heavy atom. The summed E-state index contributed by atoms with van der Waals surface area (Å²) in [7, 11) is 0. The highest BCUT2D eigenvalue weighted by molar-refractivity contribution is 6.42. The third-order valence-corrected chi connectivity index (χ3v) is 3.68. The molecule has 0 aliphatic heterocycles. The second kappa shape index (κ2) is 6.00. The van der Waals surface area contributed by atoms with E-state index in [1.54, 1.807) is 25.1 Å². The highest BCUT2D eigenvalue weighted by Crippen LogP contribution is 2.37. The molecule has 1 atom stereocenters. The van der Waals surface area contributed by atoms with Crippen molar-refractivity contribution in [3.05, 3.63) is 57.3 Å². The van der Waals surface area contributed by atoms with E-state index in [2.05, 4.69) is 0 Å². The monoisotopic (exact) mass is 314 g/mol. The summed E-state index contributed by atoms with van der Waals surface area (Å²) in [6.07, 6.45) is -0.863. The summed E-state index contributed by atoms with van der Waals surface area (Å²) in [5, 5.41) is 10.3. The van der Waals surface area contributed by atoms with Gasteiger partial charge in [-0.05, 0) is 43.7 Å². The summed E-state index contributed by atoms with van der Waals surface area (Å²) < 4.78 is 19.3. The molecule has 106 valence electrons. The van der Waals surface area contributed by atoms with Crippen molar-refractivity contribution in [3.63, 3.8) is 0 Å². The van der Waals surface area contributed by atoms with Crippen molar-refractivity contribution in [1.29, 1.82) is 0 Å². The lowest BCUT2D eigenvalue weighted by Gasteiger charge is -2.15. The second-order valence-electron chi connectivity index (χ2n) is 4.47. The van der Waals surface area contributed by atoms with Crippen molar-refractivity contribution in [1.82, 2.24) is 0 Å². The summed E-state index contributed by atoms with van der Waals surface area (Å²) >= 11 is 12.0. The molecule has 0 aromatic heterocycles. The van der Waals surface area contributed by atoms with Crippen LogP contribution in [-0.4, -0.2) is 5.11 Å². The van der Waals surface area contributed by atoms with Gasteiger partial charge in [-0.15, -0.1) is 0 Å². The van der Waals surface area contributed by atoms with Crippen molar-refractivity contribution in [2.75, 3.05) is 0 Å². The molecular weight excluding hydrogens is 302 g/mol. The summed E-state index contributed by atoms with van der Waals surface area (Å²) in [6.45, 7) is 3.16. The molecule has 0 saturated carbocycles. The van der Waals surface area contributed by atoms with Crippen LogP contribution < -0.4 is 4.74 Å². The van der Waals surface area contributed by atoms with E-state index in [0.717, 1.165) is 0 Å². The van der Waals surface area contributed by atoms with Crippen LogP contribution in [0.2, 0.25) is 10.0 Å². The van der Waals surface area contributed by atoms with Crippen LogP contribution in [0.3, 0.4) is 0 Å². The minimum atomic E-state index is -0.863. The standard InChI is InChI=1S/C15H13Cl2FO2/c1-8-6-14(10(9(2)19)7-12(8)18)20-13-5-3-4-11(16)15(13)17/h3-7,9,19H,1-2H3/t9-/m1/s1. The van der Waals surface area contributed by atoms with Gasteiger partial charge < -0.3 is 9.84 Å². The van der Waals surface area contributed by atoms with Crippen LogP contribution in [0.1, 0.15) is 24.2 Å². The lowest BCUT2D eigenvalue weighted by Crippen LogP contribution is -1.99. The molecule has 2 nitrogen and oxygen atoms in total. The third-order valence-electron chi connectivity index (χ3n) is 2.88. The molecule has 0 saturated heterocycles. The Kier molecular flexibility index (Phi) is 4.53. The number of rotatable bonds is 3. The zero-order chi connectivity index (χ0) is 14.9. The van der Waals surface area contributed by atoms with Gasteiger partial charge in [-0.25, -0.2) is 4.39 Å². The lowest BCUT2D eigenvalue weighted by molar-refractivity contribution is 0.195. The Morgan fingerprint density at radius 2 is 1.90 bits per heavy atom. The van der Waals surface area contributed by atoms with Crippen molar-refractivity contribution in [2.45, 2.75) is 20.0 Å². The molecule has 2 aromatic rings. The van der Waals surface area contributed by atoms with Gasteiger partial charge in [-0.2, -0.15) is 0 Å². The van der Waals surface area contributed by atoms with Gasteiger partial charge in [-0.1, -0.05) is 29.3 Å². The van der Waals surface area contributed by atoms with E-state index in [1.165, 1.54) is 19.1 Å². The van der Waals surface area contributed by atoms with Gasteiger partial charge in [0.2, 0.25) is 0 Å². The smallest absolute Gasteiger partial charge is 0.147 e. The maximum absolute atomic E-state index is 13.6. The van der Waals surface area contributed by atoms with E-state index < -0.39 is 11.9 Å².